The molecule has 0 spiro atoms. The van der Waals surface area contributed by atoms with Gasteiger partial charge >= 0.3 is 0 Å². The molecule has 0 aromatic rings. The Bertz CT molecular complexity index is 207. The topological polar surface area (TPSA) is 71.4 Å². The maximum absolute atomic E-state index is 10.2. The van der Waals surface area contributed by atoms with Crippen LogP contribution in [0.1, 0.15) is 32.1 Å². The van der Waals surface area contributed by atoms with E-state index in [9.17, 15) is 13.2 Å². The van der Waals surface area contributed by atoms with E-state index in [-0.39, 0.29) is 5.75 Å². The molecule has 0 aliphatic rings. The predicted molar refractivity (Wildman–Crippen MR) is 45.6 cm³/mol. The van der Waals surface area contributed by atoms with Crippen molar-refractivity contribution in [3.63, 3.8) is 0 Å². The summed E-state index contributed by atoms with van der Waals surface area (Å²) in [7, 11) is -3.79. The van der Waals surface area contributed by atoms with Crippen LogP contribution in [0.25, 0.3) is 0 Å². The molecule has 5 heteroatoms. The van der Waals surface area contributed by atoms with E-state index >= 15 is 0 Å². The monoisotopic (exact) mass is 194 g/mol. The summed E-state index contributed by atoms with van der Waals surface area (Å²) in [6.45, 7) is 0. The van der Waals surface area contributed by atoms with Crippen LogP contribution in [0.3, 0.4) is 0 Å². The van der Waals surface area contributed by atoms with Gasteiger partial charge in [0.05, 0.1) is 5.75 Å². The second-order valence-corrected chi connectivity index (χ2v) is 4.23. The van der Waals surface area contributed by atoms with Gasteiger partial charge in [-0.3, -0.25) is 4.55 Å². The highest BCUT2D eigenvalue weighted by Crippen LogP contribution is 2.02. The molecule has 12 heavy (non-hydrogen) atoms. The van der Waals surface area contributed by atoms with Gasteiger partial charge < -0.3 is 4.79 Å². The minimum absolute atomic E-state index is 0.173. The molecule has 0 radical (unpaired) electrons. The van der Waals surface area contributed by atoms with Crippen LogP contribution in [0, 0.1) is 0 Å². The summed E-state index contributed by atoms with van der Waals surface area (Å²) >= 11 is 0. The smallest absolute Gasteiger partial charge is 0.264 e. The van der Waals surface area contributed by atoms with Crippen LogP contribution in [0.4, 0.5) is 0 Å². The lowest BCUT2D eigenvalue weighted by molar-refractivity contribution is -0.107. The Morgan fingerprint density at radius 3 is 2.17 bits per heavy atom. The molecule has 0 amide bonds. The minimum atomic E-state index is -3.79. The van der Waals surface area contributed by atoms with Crippen molar-refractivity contribution in [1.29, 1.82) is 0 Å². The number of hydrogen-bond donors (Lipinski definition) is 1. The van der Waals surface area contributed by atoms with Gasteiger partial charge in [0.25, 0.3) is 10.1 Å². The zero-order chi connectivity index (χ0) is 9.45. The van der Waals surface area contributed by atoms with Gasteiger partial charge in [0.2, 0.25) is 0 Å². The fourth-order valence-corrected chi connectivity index (χ4v) is 1.43. The molecule has 0 rings (SSSR count). The summed E-state index contributed by atoms with van der Waals surface area (Å²) < 4.78 is 28.8. The predicted octanol–water partition coefficient (Wildman–Crippen LogP) is 1.02. The number of aldehydes is 1. The highest BCUT2D eigenvalue weighted by molar-refractivity contribution is 7.85. The highest BCUT2D eigenvalue weighted by atomic mass is 32.2. The Morgan fingerprint density at radius 2 is 1.67 bits per heavy atom. The van der Waals surface area contributed by atoms with Gasteiger partial charge in [-0.1, -0.05) is 12.8 Å². The highest BCUT2D eigenvalue weighted by Gasteiger charge is 2.02. The van der Waals surface area contributed by atoms with Crippen LogP contribution in [0.5, 0.6) is 0 Å². The zero-order valence-electron chi connectivity index (χ0n) is 6.90. The molecular weight excluding hydrogens is 180 g/mol. The Balaban J connectivity index is 3.17. The lowest BCUT2D eigenvalue weighted by Gasteiger charge is -1.96. The Morgan fingerprint density at radius 1 is 1.08 bits per heavy atom. The van der Waals surface area contributed by atoms with Crippen molar-refractivity contribution in [1.82, 2.24) is 0 Å². The van der Waals surface area contributed by atoms with Crippen LogP contribution < -0.4 is 0 Å². The first-order chi connectivity index (χ1) is 5.56. The van der Waals surface area contributed by atoms with E-state index in [2.05, 4.69) is 0 Å². The van der Waals surface area contributed by atoms with Crippen LogP contribution in [-0.2, 0) is 14.9 Å². The van der Waals surface area contributed by atoms with E-state index in [4.69, 9.17) is 4.55 Å². The van der Waals surface area contributed by atoms with Crippen molar-refractivity contribution in [3.8, 4) is 0 Å². The molecule has 0 aromatic carbocycles. The van der Waals surface area contributed by atoms with Gasteiger partial charge in [-0.05, 0) is 12.8 Å². The van der Waals surface area contributed by atoms with Gasteiger partial charge in [0.15, 0.2) is 0 Å². The average molecular weight is 194 g/mol. The molecule has 0 atom stereocenters. The lowest BCUT2D eigenvalue weighted by Crippen LogP contribution is -2.03. The van der Waals surface area contributed by atoms with E-state index in [1.807, 2.05) is 0 Å². The molecule has 0 unspecified atom stereocenters. The van der Waals surface area contributed by atoms with Crippen molar-refractivity contribution in [2.75, 3.05) is 5.75 Å². The Kier molecular flexibility index (Phi) is 5.92. The quantitative estimate of drug-likeness (QED) is 0.373. The van der Waals surface area contributed by atoms with Crippen LogP contribution in [0.15, 0.2) is 0 Å². The molecule has 0 aromatic heterocycles. The molecule has 0 bridgehead atoms. The molecule has 0 heterocycles. The minimum Gasteiger partial charge on any atom is -0.303 e. The van der Waals surface area contributed by atoms with E-state index in [1.165, 1.54) is 0 Å². The van der Waals surface area contributed by atoms with Crippen LogP contribution >= 0.6 is 0 Å². The van der Waals surface area contributed by atoms with Gasteiger partial charge in [-0.15, -0.1) is 0 Å². The van der Waals surface area contributed by atoms with E-state index in [0.29, 0.717) is 12.8 Å². The molecular formula is C7H14O4S. The Labute approximate surface area is 72.7 Å². The van der Waals surface area contributed by atoms with Crippen molar-refractivity contribution in [3.05, 3.63) is 0 Å². The average Bonchev–Trinajstić information content (AvgIpc) is 1.94. The first-order valence-corrected chi connectivity index (χ1v) is 5.56. The van der Waals surface area contributed by atoms with E-state index < -0.39 is 10.1 Å². The molecule has 0 fully saturated rings. The molecule has 1 N–H and O–H groups in total. The largest absolute Gasteiger partial charge is 0.303 e. The van der Waals surface area contributed by atoms with Gasteiger partial charge in [-0.2, -0.15) is 8.42 Å². The number of hydrogen-bond acceptors (Lipinski definition) is 3. The van der Waals surface area contributed by atoms with Crippen molar-refractivity contribution >= 4 is 16.4 Å². The standard InChI is InChI=1S/C7H14O4S/c8-6-4-2-1-3-5-7-12(9,10)11/h6H,1-5,7H2,(H,9,10,11). The number of rotatable bonds is 7. The maximum atomic E-state index is 10.2. The molecule has 72 valence electrons. The summed E-state index contributed by atoms with van der Waals surface area (Å²) in [5, 5.41) is 0. The fraction of sp³-hybridized carbons (Fsp3) is 0.857. The summed E-state index contributed by atoms with van der Waals surface area (Å²) in [5.74, 6) is -0.173. The number of carbonyl (C=O) groups excluding carboxylic acids is 1. The summed E-state index contributed by atoms with van der Waals surface area (Å²) in [4.78, 5) is 9.86. The fourth-order valence-electron chi connectivity index (χ4n) is 0.866. The molecule has 0 saturated carbocycles. The van der Waals surface area contributed by atoms with Crippen LogP contribution in [0.2, 0.25) is 0 Å². The summed E-state index contributed by atoms with van der Waals surface area (Å²) in [6, 6.07) is 0. The Hall–Kier alpha value is -0.420. The third-order valence-corrected chi connectivity index (χ3v) is 2.28. The SMILES string of the molecule is O=CCCCCCCS(=O)(=O)O. The van der Waals surface area contributed by atoms with E-state index in [1.54, 1.807) is 0 Å². The second kappa shape index (κ2) is 6.14. The third-order valence-electron chi connectivity index (χ3n) is 1.47. The maximum Gasteiger partial charge on any atom is 0.264 e. The normalized spacial score (nSPS) is 11.4. The molecule has 4 nitrogen and oxygen atoms in total. The number of carbonyl (C=O) groups is 1. The molecule has 0 aliphatic carbocycles. The second-order valence-electron chi connectivity index (χ2n) is 2.66. The molecule has 0 aliphatic heterocycles. The van der Waals surface area contributed by atoms with E-state index in [0.717, 1.165) is 25.5 Å². The summed E-state index contributed by atoms with van der Waals surface area (Å²) in [5.41, 5.74) is 0. The van der Waals surface area contributed by atoms with Crippen LogP contribution in [-0.4, -0.2) is 25.0 Å². The van der Waals surface area contributed by atoms with Crippen molar-refractivity contribution in [2.45, 2.75) is 32.1 Å². The first kappa shape index (κ1) is 11.6. The number of unbranched alkanes of at least 4 members (excludes halogenated alkanes) is 4. The van der Waals surface area contributed by atoms with Gasteiger partial charge in [-0.25, -0.2) is 0 Å². The van der Waals surface area contributed by atoms with Gasteiger partial charge in [0.1, 0.15) is 6.29 Å². The molecule has 0 saturated heterocycles. The van der Waals surface area contributed by atoms with Crippen molar-refractivity contribution < 1.29 is 17.8 Å². The third kappa shape index (κ3) is 9.58. The summed E-state index contributed by atoms with van der Waals surface area (Å²) in [6.07, 6.45) is 4.24. The van der Waals surface area contributed by atoms with Gasteiger partial charge in [0, 0.05) is 6.42 Å². The zero-order valence-corrected chi connectivity index (χ0v) is 7.72. The van der Waals surface area contributed by atoms with Crippen molar-refractivity contribution in [2.24, 2.45) is 0 Å². The lowest BCUT2D eigenvalue weighted by atomic mass is 10.2. The first-order valence-electron chi connectivity index (χ1n) is 3.95.